The van der Waals surface area contributed by atoms with E-state index >= 15 is 0 Å². The second-order valence-electron chi connectivity index (χ2n) is 9.80. The van der Waals surface area contributed by atoms with Gasteiger partial charge in [0.05, 0.1) is 29.9 Å². The Morgan fingerprint density at radius 1 is 0.974 bits per heavy atom. The van der Waals surface area contributed by atoms with E-state index in [-0.39, 0.29) is 17.4 Å². The summed E-state index contributed by atoms with van der Waals surface area (Å²) in [6, 6.07) is 13.8. The van der Waals surface area contributed by atoms with Crippen molar-refractivity contribution in [3.05, 3.63) is 71.5 Å². The molecule has 1 heterocycles. The molecule has 1 aromatic heterocycles. The molecule has 2 aromatic carbocycles. The van der Waals surface area contributed by atoms with Gasteiger partial charge < -0.3 is 5.32 Å². The topological polar surface area (TPSA) is 155 Å². The number of hydrogen-bond acceptors (Lipinski definition) is 7. The highest BCUT2D eigenvalue weighted by atomic mass is 32.2. The number of benzene rings is 2. The van der Waals surface area contributed by atoms with Crippen LogP contribution in [0.15, 0.2) is 59.6 Å². The van der Waals surface area contributed by atoms with Gasteiger partial charge in [0, 0.05) is 5.69 Å². The van der Waals surface area contributed by atoms with Crippen LogP contribution < -0.4 is 15.5 Å². The Morgan fingerprint density at radius 2 is 1.63 bits per heavy atom. The summed E-state index contributed by atoms with van der Waals surface area (Å²) in [5.41, 5.74) is 4.46. The molecule has 2 amide bonds. The molecule has 3 aromatic rings. The van der Waals surface area contributed by atoms with E-state index in [0.29, 0.717) is 30.3 Å². The van der Waals surface area contributed by atoms with E-state index < -0.39 is 27.8 Å². The van der Waals surface area contributed by atoms with Crippen molar-refractivity contribution in [2.75, 3.05) is 5.32 Å². The molecule has 4 N–H and O–H groups in total. The number of anilines is 1. The van der Waals surface area contributed by atoms with Crippen LogP contribution in [-0.2, 0) is 32.7 Å². The average molecular weight is 543 g/mol. The summed E-state index contributed by atoms with van der Waals surface area (Å²) in [5, 5.41) is 19.7. The predicted octanol–water partition coefficient (Wildman–Crippen LogP) is 3.03. The van der Waals surface area contributed by atoms with Crippen LogP contribution in [0, 0.1) is 11.8 Å². The Labute approximate surface area is 222 Å². The smallest absolute Gasteiger partial charge is 0.255 e. The van der Waals surface area contributed by atoms with Crippen molar-refractivity contribution in [3.8, 4) is 0 Å². The van der Waals surface area contributed by atoms with Crippen molar-refractivity contribution in [2.24, 2.45) is 11.8 Å². The van der Waals surface area contributed by atoms with Gasteiger partial charge in [0.25, 0.3) is 5.91 Å². The van der Waals surface area contributed by atoms with Crippen LogP contribution in [0.5, 0.6) is 0 Å². The molecule has 0 aliphatic rings. The SMILES string of the molecule is CC(C)CC(C(=O)NO)C(=O)Nc1ccc(Cn2cc(CNS(=O)(=O)c3ccc(C(C)C)cc3)nn2)cc1. The summed E-state index contributed by atoms with van der Waals surface area (Å²) in [6.07, 6.45) is 1.95. The van der Waals surface area contributed by atoms with Crippen molar-refractivity contribution in [1.82, 2.24) is 25.2 Å². The quantitative estimate of drug-likeness (QED) is 0.156. The molecule has 0 radical (unpaired) electrons. The molecule has 38 heavy (non-hydrogen) atoms. The van der Waals surface area contributed by atoms with Crippen LogP contribution in [0.3, 0.4) is 0 Å². The fraction of sp³-hybridized carbons (Fsp3) is 0.385. The minimum absolute atomic E-state index is 0.00179. The average Bonchev–Trinajstić information content (AvgIpc) is 3.34. The van der Waals surface area contributed by atoms with Gasteiger partial charge in [-0.1, -0.05) is 57.2 Å². The Balaban J connectivity index is 1.56. The highest BCUT2D eigenvalue weighted by molar-refractivity contribution is 7.89. The van der Waals surface area contributed by atoms with E-state index in [9.17, 15) is 18.0 Å². The van der Waals surface area contributed by atoms with Crippen molar-refractivity contribution >= 4 is 27.5 Å². The van der Waals surface area contributed by atoms with Gasteiger partial charge >= 0.3 is 0 Å². The van der Waals surface area contributed by atoms with E-state index in [4.69, 9.17) is 5.21 Å². The minimum atomic E-state index is -3.69. The van der Waals surface area contributed by atoms with Gasteiger partial charge in [-0.05, 0) is 53.6 Å². The van der Waals surface area contributed by atoms with Crippen LogP contribution in [0.25, 0.3) is 0 Å². The summed E-state index contributed by atoms with van der Waals surface area (Å²) in [5.74, 6) is -1.86. The maximum Gasteiger partial charge on any atom is 0.255 e. The molecular weight excluding hydrogens is 508 g/mol. The van der Waals surface area contributed by atoms with Crippen molar-refractivity contribution in [3.63, 3.8) is 0 Å². The highest BCUT2D eigenvalue weighted by Gasteiger charge is 2.27. The van der Waals surface area contributed by atoms with Crippen LogP contribution in [0.4, 0.5) is 5.69 Å². The third-order valence-corrected chi connectivity index (χ3v) is 7.32. The van der Waals surface area contributed by atoms with Crippen molar-refractivity contribution < 1.29 is 23.2 Å². The molecule has 0 bridgehead atoms. The van der Waals surface area contributed by atoms with Gasteiger partial charge in [0.15, 0.2) is 0 Å². The summed E-state index contributed by atoms with van der Waals surface area (Å²) >= 11 is 0. The third kappa shape index (κ3) is 7.94. The van der Waals surface area contributed by atoms with Gasteiger partial charge in [-0.15, -0.1) is 5.10 Å². The summed E-state index contributed by atoms with van der Waals surface area (Å²) in [4.78, 5) is 24.6. The minimum Gasteiger partial charge on any atom is -0.325 e. The number of hydroxylamine groups is 1. The first kappa shape index (κ1) is 29.0. The van der Waals surface area contributed by atoms with Crippen LogP contribution >= 0.6 is 0 Å². The fourth-order valence-corrected chi connectivity index (χ4v) is 4.77. The molecule has 3 rings (SSSR count). The standard InChI is InChI=1S/C26H34N6O5S/c1-17(2)13-24(26(34)30-35)25(33)28-21-9-5-19(6-10-21)15-32-16-22(29-31-32)14-27-38(36,37)23-11-7-20(8-12-23)18(3)4/h5-12,16-18,24,27,35H,13-15H2,1-4H3,(H,28,33)(H,30,34). The maximum absolute atomic E-state index is 12.6. The van der Waals surface area contributed by atoms with Gasteiger partial charge in [-0.25, -0.2) is 23.3 Å². The van der Waals surface area contributed by atoms with Crippen molar-refractivity contribution in [2.45, 2.75) is 58.0 Å². The second-order valence-corrected chi connectivity index (χ2v) is 11.6. The molecule has 0 fully saturated rings. The number of hydrogen-bond donors (Lipinski definition) is 4. The lowest BCUT2D eigenvalue weighted by molar-refractivity contribution is -0.139. The molecule has 0 spiro atoms. The zero-order chi connectivity index (χ0) is 27.9. The molecule has 0 aliphatic carbocycles. The molecule has 204 valence electrons. The van der Waals surface area contributed by atoms with E-state index in [1.807, 2.05) is 39.8 Å². The van der Waals surface area contributed by atoms with Crippen LogP contribution in [-0.4, -0.2) is 40.4 Å². The molecule has 1 atom stereocenters. The van der Waals surface area contributed by atoms with Crippen LogP contribution in [0.1, 0.15) is 56.9 Å². The van der Waals surface area contributed by atoms with Crippen molar-refractivity contribution in [1.29, 1.82) is 0 Å². The summed E-state index contributed by atoms with van der Waals surface area (Å²) < 4.78 is 29.4. The van der Waals surface area contributed by atoms with E-state index in [0.717, 1.165) is 11.1 Å². The van der Waals surface area contributed by atoms with Gasteiger partial charge in [-0.3, -0.25) is 14.8 Å². The molecule has 11 nitrogen and oxygen atoms in total. The number of carbonyl (C=O) groups excluding carboxylic acids is 2. The molecular formula is C26H34N6O5S. The van der Waals surface area contributed by atoms with Gasteiger partial charge in [0.2, 0.25) is 15.9 Å². The van der Waals surface area contributed by atoms with E-state index in [1.54, 1.807) is 52.8 Å². The highest BCUT2D eigenvalue weighted by Crippen LogP contribution is 2.18. The molecule has 0 aliphatic heterocycles. The Kier molecular flexibility index (Phi) is 9.72. The zero-order valence-corrected chi connectivity index (χ0v) is 22.7. The Morgan fingerprint density at radius 3 is 2.21 bits per heavy atom. The van der Waals surface area contributed by atoms with Gasteiger partial charge in [-0.2, -0.15) is 0 Å². The predicted molar refractivity (Wildman–Crippen MR) is 142 cm³/mol. The summed E-state index contributed by atoms with van der Waals surface area (Å²) in [6.45, 7) is 8.24. The number of nitrogens with zero attached hydrogens (tertiary/aromatic N) is 3. The maximum atomic E-state index is 12.6. The second kappa shape index (κ2) is 12.8. The monoisotopic (exact) mass is 542 g/mol. The Hall–Kier alpha value is -3.61. The largest absolute Gasteiger partial charge is 0.325 e. The lowest BCUT2D eigenvalue weighted by Gasteiger charge is -2.17. The first-order valence-electron chi connectivity index (χ1n) is 12.3. The Bertz CT molecular complexity index is 1340. The number of sulfonamides is 1. The third-order valence-electron chi connectivity index (χ3n) is 5.90. The molecule has 0 saturated carbocycles. The zero-order valence-electron chi connectivity index (χ0n) is 21.9. The van der Waals surface area contributed by atoms with E-state index in [1.165, 1.54) is 0 Å². The normalized spacial score (nSPS) is 12.5. The molecule has 0 saturated heterocycles. The first-order chi connectivity index (χ1) is 18.0. The van der Waals surface area contributed by atoms with Crippen LogP contribution in [0.2, 0.25) is 0 Å². The number of nitrogens with one attached hydrogen (secondary N) is 3. The lowest BCUT2D eigenvalue weighted by atomic mass is 9.95. The fourth-order valence-electron chi connectivity index (χ4n) is 3.77. The van der Waals surface area contributed by atoms with Gasteiger partial charge in [0.1, 0.15) is 5.92 Å². The van der Waals surface area contributed by atoms with E-state index in [2.05, 4.69) is 20.4 Å². The number of rotatable bonds is 12. The first-order valence-corrected chi connectivity index (χ1v) is 13.8. The molecule has 12 heteroatoms. The summed E-state index contributed by atoms with van der Waals surface area (Å²) in [7, 11) is -3.69. The number of amides is 2. The number of aromatic nitrogens is 3. The molecule has 1 unspecified atom stereocenters. The lowest BCUT2D eigenvalue weighted by Crippen LogP contribution is -2.37. The number of carbonyl (C=O) groups is 2.